The molecule has 0 aliphatic rings. The van der Waals surface area contributed by atoms with Crippen LogP contribution in [0.25, 0.3) is 0 Å². The van der Waals surface area contributed by atoms with Crippen LogP contribution in [0.1, 0.15) is 17.2 Å². The zero-order valence-corrected chi connectivity index (χ0v) is 12.3. The fourth-order valence-electron chi connectivity index (χ4n) is 2.20. The number of nitrogens with one attached hydrogen (secondary N) is 1. The van der Waals surface area contributed by atoms with Crippen molar-refractivity contribution in [1.82, 2.24) is 14.7 Å². The number of likely N-dealkylation sites (N-methyl/N-ethyl adjacent to an activating group) is 1. The molecule has 1 aromatic carbocycles. The highest BCUT2D eigenvalue weighted by Gasteiger charge is 2.17. The van der Waals surface area contributed by atoms with Gasteiger partial charge in [-0.25, -0.2) is 4.39 Å². The first-order valence-corrected chi connectivity index (χ1v) is 6.60. The van der Waals surface area contributed by atoms with Gasteiger partial charge in [0.2, 0.25) is 0 Å². The Morgan fingerprint density at radius 2 is 2.24 bits per heavy atom. The molecule has 0 saturated heterocycles. The van der Waals surface area contributed by atoms with E-state index < -0.39 is 5.82 Å². The van der Waals surface area contributed by atoms with Crippen molar-refractivity contribution < 1.29 is 4.39 Å². The molecule has 21 heavy (non-hydrogen) atoms. The molecule has 2 rings (SSSR count). The Hall–Kier alpha value is -2.39. The summed E-state index contributed by atoms with van der Waals surface area (Å²) in [4.78, 5) is 2.05. The number of benzene rings is 1. The Morgan fingerprint density at radius 1 is 1.48 bits per heavy atom. The highest BCUT2D eigenvalue weighted by molar-refractivity contribution is 5.58. The van der Waals surface area contributed by atoms with Crippen LogP contribution in [0.2, 0.25) is 0 Å². The molecule has 0 aliphatic carbocycles. The van der Waals surface area contributed by atoms with E-state index in [0.29, 0.717) is 12.2 Å². The number of hydrogen-bond acceptors (Lipinski definition) is 4. The normalized spacial score (nSPS) is 12.2. The quantitative estimate of drug-likeness (QED) is 0.915. The van der Waals surface area contributed by atoms with Gasteiger partial charge in [0.15, 0.2) is 0 Å². The van der Waals surface area contributed by atoms with Gasteiger partial charge < -0.3 is 10.2 Å². The van der Waals surface area contributed by atoms with Crippen LogP contribution in [0.5, 0.6) is 0 Å². The molecule has 110 valence electrons. The second-order valence-corrected chi connectivity index (χ2v) is 5.08. The van der Waals surface area contributed by atoms with Crippen LogP contribution in [0, 0.1) is 17.1 Å². The first-order valence-electron chi connectivity index (χ1n) is 6.60. The third-order valence-corrected chi connectivity index (χ3v) is 3.34. The van der Waals surface area contributed by atoms with E-state index in [1.807, 2.05) is 39.6 Å². The Kier molecular flexibility index (Phi) is 4.55. The van der Waals surface area contributed by atoms with Gasteiger partial charge in [-0.05, 0) is 26.2 Å². The lowest BCUT2D eigenvalue weighted by Crippen LogP contribution is -2.26. The van der Waals surface area contributed by atoms with Gasteiger partial charge in [-0.2, -0.15) is 10.4 Å². The first kappa shape index (κ1) is 15.0. The highest BCUT2D eigenvalue weighted by atomic mass is 19.1. The number of aryl methyl sites for hydroxylation is 1. The van der Waals surface area contributed by atoms with Gasteiger partial charge in [0, 0.05) is 25.4 Å². The minimum Gasteiger partial charge on any atom is -0.382 e. The van der Waals surface area contributed by atoms with Crippen molar-refractivity contribution in [3.63, 3.8) is 0 Å². The second kappa shape index (κ2) is 6.37. The molecular weight excluding hydrogens is 269 g/mol. The van der Waals surface area contributed by atoms with Crippen LogP contribution < -0.4 is 5.32 Å². The van der Waals surface area contributed by atoms with E-state index in [-0.39, 0.29) is 11.6 Å². The van der Waals surface area contributed by atoms with Gasteiger partial charge in [-0.15, -0.1) is 0 Å². The molecule has 0 aliphatic heterocycles. The summed E-state index contributed by atoms with van der Waals surface area (Å²) < 4.78 is 15.3. The molecule has 0 spiro atoms. The summed E-state index contributed by atoms with van der Waals surface area (Å²) in [5.74, 6) is -0.509. The summed E-state index contributed by atoms with van der Waals surface area (Å²) in [6, 6.07) is 6.55. The van der Waals surface area contributed by atoms with E-state index in [0.717, 1.165) is 5.56 Å². The molecule has 1 aromatic heterocycles. The Labute approximate surface area is 123 Å². The largest absolute Gasteiger partial charge is 0.382 e. The maximum Gasteiger partial charge on any atom is 0.143 e. The summed E-state index contributed by atoms with van der Waals surface area (Å²) in [6.45, 7) is 0.552. The van der Waals surface area contributed by atoms with Crippen molar-refractivity contribution in [1.29, 1.82) is 5.26 Å². The van der Waals surface area contributed by atoms with Gasteiger partial charge in [-0.3, -0.25) is 4.68 Å². The van der Waals surface area contributed by atoms with Crippen molar-refractivity contribution in [2.75, 3.05) is 26.0 Å². The Balaban J connectivity index is 2.17. The zero-order chi connectivity index (χ0) is 15.4. The van der Waals surface area contributed by atoms with Crippen LogP contribution in [-0.2, 0) is 7.05 Å². The highest BCUT2D eigenvalue weighted by Crippen LogP contribution is 2.21. The van der Waals surface area contributed by atoms with Gasteiger partial charge in [0.25, 0.3) is 0 Å². The first-order chi connectivity index (χ1) is 10.0. The minimum atomic E-state index is -0.509. The van der Waals surface area contributed by atoms with E-state index in [1.165, 1.54) is 6.07 Å². The molecule has 0 bridgehead atoms. The number of aromatic nitrogens is 2. The molecule has 1 heterocycles. The van der Waals surface area contributed by atoms with E-state index in [1.54, 1.807) is 16.8 Å². The van der Waals surface area contributed by atoms with Gasteiger partial charge in [0.05, 0.1) is 17.9 Å². The number of rotatable bonds is 5. The van der Waals surface area contributed by atoms with E-state index in [4.69, 9.17) is 5.26 Å². The maximum atomic E-state index is 13.6. The average molecular weight is 287 g/mol. The molecule has 2 aromatic rings. The number of halogens is 1. The van der Waals surface area contributed by atoms with Crippen molar-refractivity contribution in [2.45, 2.75) is 6.04 Å². The summed E-state index contributed by atoms with van der Waals surface area (Å²) in [5.41, 5.74) is 1.61. The molecular formula is C15H18FN5. The average Bonchev–Trinajstić information content (AvgIpc) is 2.85. The predicted octanol–water partition coefficient (Wildman–Crippen LogP) is 2.15. The monoisotopic (exact) mass is 287 g/mol. The van der Waals surface area contributed by atoms with Crippen molar-refractivity contribution in [2.24, 2.45) is 7.05 Å². The molecule has 1 N–H and O–H groups in total. The summed E-state index contributed by atoms with van der Waals surface area (Å²) in [7, 11) is 5.80. The van der Waals surface area contributed by atoms with E-state index in [2.05, 4.69) is 15.3 Å². The Bertz CT molecular complexity index is 656. The lowest BCUT2D eigenvalue weighted by atomic mass is 10.1. The molecule has 0 radical (unpaired) electrons. The van der Waals surface area contributed by atoms with Crippen LogP contribution in [-0.4, -0.2) is 35.3 Å². The molecule has 6 heteroatoms. The molecule has 0 fully saturated rings. The van der Waals surface area contributed by atoms with E-state index >= 15 is 0 Å². The summed E-state index contributed by atoms with van der Waals surface area (Å²) in [6.07, 6.45) is 3.76. The minimum absolute atomic E-state index is 0.0428. The summed E-state index contributed by atoms with van der Waals surface area (Å²) >= 11 is 0. The maximum absolute atomic E-state index is 13.6. The molecule has 5 nitrogen and oxygen atoms in total. The third-order valence-electron chi connectivity index (χ3n) is 3.34. The second-order valence-electron chi connectivity index (χ2n) is 5.08. The SMILES string of the molecule is CN(C)C(CNc1cccc(F)c1C#N)c1cnn(C)c1. The van der Waals surface area contributed by atoms with Crippen molar-refractivity contribution in [3.05, 3.63) is 47.5 Å². The standard InChI is InChI=1S/C15H18FN5/c1-20(2)15(11-8-19-21(3)10-11)9-18-14-6-4-5-13(16)12(14)7-17/h4-6,8,10,15,18H,9H2,1-3H3. The van der Waals surface area contributed by atoms with Gasteiger partial charge in [0.1, 0.15) is 17.4 Å². The lowest BCUT2D eigenvalue weighted by Gasteiger charge is -2.24. The summed E-state index contributed by atoms with van der Waals surface area (Å²) in [5, 5.41) is 16.4. The topological polar surface area (TPSA) is 56.9 Å². The number of nitrogens with zero attached hydrogens (tertiary/aromatic N) is 4. The van der Waals surface area contributed by atoms with Crippen LogP contribution in [0.3, 0.4) is 0 Å². The van der Waals surface area contributed by atoms with Gasteiger partial charge in [-0.1, -0.05) is 6.07 Å². The van der Waals surface area contributed by atoms with Gasteiger partial charge >= 0.3 is 0 Å². The number of nitriles is 1. The van der Waals surface area contributed by atoms with Crippen LogP contribution >= 0.6 is 0 Å². The Morgan fingerprint density at radius 3 is 2.81 bits per heavy atom. The number of hydrogen-bond donors (Lipinski definition) is 1. The van der Waals surface area contributed by atoms with Crippen LogP contribution in [0.15, 0.2) is 30.6 Å². The lowest BCUT2D eigenvalue weighted by molar-refractivity contribution is 0.311. The molecule has 1 atom stereocenters. The number of anilines is 1. The molecule has 0 amide bonds. The van der Waals surface area contributed by atoms with E-state index in [9.17, 15) is 4.39 Å². The van der Waals surface area contributed by atoms with Crippen molar-refractivity contribution >= 4 is 5.69 Å². The fraction of sp³-hybridized carbons (Fsp3) is 0.333. The van der Waals surface area contributed by atoms with Crippen molar-refractivity contribution in [3.8, 4) is 6.07 Å². The smallest absolute Gasteiger partial charge is 0.143 e. The third kappa shape index (κ3) is 3.38. The fourth-order valence-corrected chi connectivity index (χ4v) is 2.20. The van der Waals surface area contributed by atoms with Crippen LogP contribution in [0.4, 0.5) is 10.1 Å². The predicted molar refractivity (Wildman–Crippen MR) is 79.2 cm³/mol. The molecule has 0 saturated carbocycles. The molecule has 1 unspecified atom stereocenters. The zero-order valence-electron chi connectivity index (χ0n) is 12.3.